The number of fused-ring (bicyclic) bond motifs is 1. The highest BCUT2D eigenvalue weighted by atomic mass is 16.5. The summed E-state index contributed by atoms with van der Waals surface area (Å²) in [5, 5.41) is 33.8. The number of ketones is 1. The quantitative estimate of drug-likeness (QED) is 0.638. The number of hydrogen-bond donors (Lipinski definition) is 4. The lowest BCUT2D eigenvalue weighted by Crippen LogP contribution is -2.24. The van der Waals surface area contributed by atoms with E-state index in [1.807, 2.05) is 13.8 Å². The molecule has 1 aliphatic heterocycles. The standard InChI is InChI=1S/C20H23NO6/c1-10(2)21-9-12-13(22)7-18-19(20(12)25)15(24)8-17(27-18)11-4-5-16(26-3)14(23)6-11/h4-7,10,17,21-23,25H,8-9H2,1-3H3/t17-/m0/s1. The number of nitrogens with one attached hydrogen (secondary N) is 1. The second kappa shape index (κ2) is 7.36. The Labute approximate surface area is 157 Å². The van der Waals surface area contributed by atoms with E-state index < -0.39 is 6.10 Å². The van der Waals surface area contributed by atoms with E-state index in [0.29, 0.717) is 11.3 Å². The van der Waals surface area contributed by atoms with Gasteiger partial charge < -0.3 is 30.1 Å². The van der Waals surface area contributed by atoms with Gasteiger partial charge in [0.25, 0.3) is 0 Å². The van der Waals surface area contributed by atoms with Crippen LogP contribution in [0.4, 0.5) is 0 Å². The molecular formula is C20H23NO6. The van der Waals surface area contributed by atoms with E-state index in [-0.39, 0.29) is 58.9 Å². The Bertz CT molecular complexity index is 877. The molecule has 7 nitrogen and oxygen atoms in total. The fourth-order valence-electron chi connectivity index (χ4n) is 3.07. The van der Waals surface area contributed by atoms with Gasteiger partial charge >= 0.3 is 0 Å². The van der Waals surface area contributed by atoms with E-state index in [1.165, 1.54) is 19.2 Å². The Kier molecular flexibility index (Phi) is 5.14. The third-order valence-electron chi connectivity index (χ3n) is 4.53. The van der Waals surface area contributed by atoms with Crippen LogP contribution in [-0.4, -0.2) is 34.3 Å². The Morgan fingerprint density at radius 3 is 2.59 bits per heavy atom. The lowest BCUT2D eigenvalue weighted by Gasteiger charge is -2.27. The summed E-state index contributed by atoms with van der Waals surface area (Å²) in [6, 6.07) is 6.26. The second-order valence-electron chi connectivity index (χ2n) is 6.80. The zero-order valence-corrected chi connectivity index (χ0v) is 15.4. The van der Waals surface area contributed by atoms with Crippen molar-refractivity contribution in [2.24, 2.45) is 0 Å². The maximum Gasteiger partial charge on any atom is 0.174 e. The fourth-order valence-corrected chi connectivity index (χ4v) is 3.07. The van der Waals surface area contributed by atoms with Crippen molar-refractivity contribution >= 4 is 5.78 Å². The Balaban J connectivity index is 1.94. The summed E-state index contributed by atoms with van der Waals surface area (Å²) in [4.78, 5) is 12.7. The van der Waals surface area contributed by atoms with Crippen molar-refractivity contribution in [3.05, 3.63) is 41.0 Å². The van der Waals surface area contributed by atoms with Gasteiger partial charge in [-0.05, 0) is 17.7 Å². The number of methoxy groups -OCH3 is 1. The molecule has 4 N–H and O–H groups in total. The molecule has 144 valence electrons. The minimum atomic E-state index is -0.639. The first-order chi connectivity index (χ1) is 12.8. The Morgan fingerprint density at radius 1 is 1.22 bits per heavy atom. The van der Waals surface area contributed by atoms with E-state index in [0.717, 1.165) is 0 Å². The number of benzene rings is 2. The van der Waals surface area contributed by atoms with Crippen LogP contribution in [0.25, 0.3) is 0 Å². The number of carbonyl (C=O) groups excluding carboxylic acids is 1. The van der Waals surface area contributed by atoms with Gasteiger partial charge in [0.05, 0.1) is 19.1 Å². The van der Waals surface area contributed by atoms with E-state index in [2.05, 4.69) is 5.32 Å². The van der Waals surface area contributed by atoms with Gasteiger partial charge in [-0.25, -0.2) is 0 Å². The number of ether oxygens (including phenoxy) is 2. The van der Waals surface area contributed by atoms with Crippen LogP contribution in [0.2, 0.25) is 0 Å². The summed E-state index contributed by atoms with van der Waals surface area (Å²) in [6.07, 6.45) is -0.631. The molecule has 3 rings (SSSR count). The molecule has 1 heterocycles. The summed E-state index contributed by atoms with van der Waals surface area (Å²) in [6.45, 7) is 4.11. The van der Waals surface area contributed by atoms with Crippen molar-refractivity contribution in [2.45, 2.75) is 39.0 Å². The predicted octanol–water partition coefficient (Wildman–Crippen LogP) is 3.02. The molecule has 27 heavy (non-hydrogen) atoms. The van der Waals surface area contributed by atoms with Crippen molar-refractivity contribution in [3.63, 3.8) is 0 Å². The van der Waals surface area contributed by atoms with Gasteiger partial charge in [-0.3, -0.25) is 4.79 Å². The molecule has 0 saturated carbocycles. The third-order valence-corrected chi connectivity index (χ3v) is 4.53. The lowest BCUT2D eigenvalue weighted by molar-refractivity contribution is 0.0844. The van der Waals surface area contributed by atoms with Crippen LogP contribution in [0.5, 0.6) is 28.7 Å². The third kappa shape index (κ3) is 3.64. The van der Waals surface area contributed by atoms with Crippen molar-refractivity contribution < 1.29 is 29.6 Å². The van der Waals surface area contributed by atoms with Gasteiger partial charge in [-0.2, -0.15) is 0 Å². The number of hydrogen-bond acceptors (Lipinski definition) is 7. The number of carbonyl (C=O) groups is 1. The Hall–Kier alpha value is -2.93. The van der Waals surface area contributed by atoms with E-state index >= 15 is 0 Å². The van der Waals surface area contributed by atoms with Crippen molar-refractivity contribution in [2.75, 3.05) is 7.11 Å². The average Bonchev–Trinajstić information content (AvgIpc) is 2.60. The van der Waals surface area contributed by atoms with Crippen molar-refractivity contribution in [3.8, 4) is 28.7 Å². The lowest BCUT2D eigenvalue weighted by atomic mass is 9.93. The number of rotatable bonds is 5. The van der Waals surface area contributed by atoms with Crippen LogP contribution in [-0.2, 0) is 6.54 Å². The molecule has 0 aliphatic carbocycles. The summed E-state index contributed by atoms with van der Waals surface area (Å²) < 4.78 is 10.9. The zero-order valence-electron chi connectivity index (χ0n) is 15.4. The maximum atomic E-state index is 12.7. The van der Waals surface area contributed by atoms with E-state index in [4.69, 9.17) is 9.47 Å². The van der Waals surface area contributed by atoms with Crippen LogP contribution in [0, 0.1) is 0 Å². The fraction of sp³-hybridized carbons (Fsp3) is 0.350. The van der Waals surface area contributed by atoms with Gasteiger partial charge in [0.1, 0.15) is 28.9 Å². The molecule has 0 saturated heterocycles. The van der Waals surface area contributed by atoms with Gasteiger partial charge in [-0.1, -0.05) is 19.9 Å². The second-order valence-corrected chi connectivity index (χ2v) is 6.80. The normalized spacial score (nSPS) is 16.1. The molecular weight excluding hydrogens is 350 g/mol. The average molecular weight is 373 g/mol. The van der Waals surface area contributed by atoms with Crippen molar-refractivity contribution in [1.29, 1.82) is 0 Å². The van der Waals surface area contributed by atoms with Crippen LogP contribution in [0.1, 0.15) is 47.9 Å². The molecule has 0 fully saturated rings. The van der Waals surface area contributed by atoms with Gasteiger partial charge in [0, 0.05) is 18.7 Å². The molecule has 0 aromatic heterocycles. The van der Waals surface area contributed by atoms with Gasteiger partial charge in [0.2, 0.25) is 0 Å². The monoisotopic (exact) mass is 373 g/mol. The molecule has 7 heteroatoms. The molecule has 0 radical (unpaired) electrons. The molecule has 1 atom stereocenters. The van der Waals surface area contributed by atoms with Gasteiger partial charge in [-0.15, -0.1) is 0 Å². The number of aromatic hydroxyl groups is 3. The molecule has 2 aromatic carbocycles. The van der Waals surface area contributed by atoms with E-state index in [1.54, 1.807) is 12.1 Å². The minimum absolute atomic E-state index is 0.00809. The summed E-state index contributed by atoms with van der Waals surface area (Å²) in [7, 11) is 1.45. The first-order valence-corrected chi connectivity index (χ1v) is 8.69. The number of phenols is 3. The zero-order chi connectivity index (χ0) is 19.7. The van der Waals surface area contributed by atoms with E-state index in [9.17, 15) is 20.1 Å². The minimum Gasteiger partial charge on any atom is -0.507 e. The van der Waals surface area contributed by atoms with Crippen LogP contribution >= 0.6 is 0 Å². The molecule has 0 spiro atoms. The smallest absolute Gasteiger partial charge is 0.174 e. The molecule has 2 aromatic rings. The molecule has 0 unspecified atom stereocenters. The SMILES string of the molecule is COc1ccc([C@@H]2CC(=O)c3c(cc(O)c(CNC(C)C)c3O)O2)cc1O. The highest BCUT2D eigenvalue weighted by Gasteiger charge is 2.33. The van der Waals surface area contributed by atoms with Crippen LogP contribution in [0.15, 0.2) is 24.3 Å². The highest BCUT2D eigenvalue weighted by Crippen LogP contribution is 2.45. The number of Topliss-reactive ketones (excluding diaryl/α,β-unsaturated/α-hetero) is 1. The molecule has 0 bridgehead atoms. The van der Waals surface area contributed by atoms with Crippen LogP contribution in [0.3, 0.4) is 0 Å². The first-order valence-electron chi connectivity index (χ1n) is 8.69. The summed E-state index contributed by atoms with van der Waals surface area (Å²) in [5.74, 6) is -0.323. The molecule has 1 aliphatic rings. The summed E-state index contributed by atoms with van der Waals surface area (Å²) >= 11 is 0. The largest absolute Gasteiger partial charge is 0.507 e. The predicted molar refractivity (Wildman–Crippen MR) is 98.7 cm³/mol. The van der Waals surface area contributed by atoms with Gasteiger partial charge in [0.15, 0.2) is 17.3 Å². The van der Waals surface area contributed by atoms with Crippen LogP contribution < -0.4 is 14.8 Å². The maximum absolute atomic E-state index is 12.7. The summed E-state index contributed by atoms with van der Waals surface area (Å²) in [5.41, 5.74) is 0.930. The Morgan fingerprint density at radius 2 is 1.96 bits per heavy atom. The number of phenolic OH excluding ortho intramolecular Hbond substituents is 3. The topological polar surface area (TPSA) is 108 Å². The highest BCUT2D eigenvalue weighted by molar-refractivity contribution is 6.03. The van der Waals surface area contributed by atoms with Crippen molar-refractivity contribution in [1.82, 2.24) is 5.32 Å². The first kappa shape index (κ1) is 18.8. The molecule has 0 amide bonds.